The predicted molar refractivity (Wildman–Crippen MR) is 76.5 cm³/mol. The summed E-state index contributed by atoms with van der Waals surface area (Å²) in [5.41, 5.74) is 1.36. The third-order valence-electron chi connectivity index (χ3n) is 4.86. The molecule has 2 rings (SSSR count). The minimum atomic E-state index is -0.221. The Morgan fingerprint density at radius 1 is 1.37 bits per heavy atom. The SMILES string of the molecule is CC(C)=CC1C(C(=O)NCC2CCCC2O)C1(C)C. The summed E-state index contributed by atoms with van der Waals surface area (Å²) in [6.07, 6.45) is 5.00. The van der Waals surface area contributed by atoms with E-state index in [2.05, 4.69) is 39.1 Å². The average molecular weight is 265 g/mol. The van der Waals surface area contributed by atoms with Crippen LogP contribution in [0.1, 0.15) is 47.0 Å². The Bertz CT molecular complexity index is 382. The van der Waals surface area contributed by atoms with Crippen molar-refractivity contribution in [3.63, 3.8) is 0 Å². The molecule has 4 atom stereocenters. The standard InChI is InChI=1S/C16H27NO2/c1-10(2)8-12-14(16(12,3)4)15(19)17-9-11-6-5-7-13(11)18/h8,11-14,18H,5-7,9H2,1-4H3,(H,17,19). The quantitative estimate of drug-likeness (QED) is 0.767. The van der Waals surface area contributed by atoms with Crippen LogP contribution in [0.4, 0.5) is 0 Å². The van der Waals surface area contributed by atoms with Crippen LogP contribution in [0.2, 0.25) is 0 Å². The monoisotopic (exact) mass is 265 g/mol. The minimum absolute atomic E-state index is 0.0790. The van der Waals surface area contributed by atoms with Gasteiger partial charge in [-0.1, -0.05) is 31.9 Å². The van der Waals surface area contributed by atoms with E-state index in [-0.39, 0.29) is 29.3 Å². The van der Waals surface area contributed by atoms with Crippen LogP contribution in [0.15, 0.2) is 11.6 Å². The van der Waals surface area contributed by atoms with E-state index in [4.69, 9.17) is 0 Å². The lowest BCUT2D eigenvalue weighted by molar-refractivity contribution is -0.123. The molecule has 0 bridgehead atoms. The van der Waals surface area contributed by atoms with Gasteiger partial charge < -0.3 is 10.4 Å². The highest BCUT2D eigenvalue weighted by Crippen LogP contribution is 2.59. The highest BCUT2D eigenvalue weighted by molar-refractivity contribution is 5.83. The van der Waals surface area contributed by atoms with Crippen LogP contribution >= 0.6 is 0 Å². The lowest BCUT2D eigenvalue weighted by Crippen LogP contribution is -2.34. The van der Waals surface area contributed by atoms with Crippen molar-refractivity contribution >= 4 is 5.91 Å². The Kier molecular flexibility index (Phi) is 4.05. The van der Waals surface area contributed by atoms with E-state index < -0.39 is 0 Å². The second-order valence-electron chi connectivity index (χ2n) is 7.07. The molecule has 19 heavy (non-hydrogen) atoms. The normalized spacial score (nSPS) is 35.8. The van der Waals surface area contributed by atoms with Gasteiger partial charge in [-0.15, -0.1) is 0 Å². The van der Waals surface area contributed by atoms with E-state index >= 15 is 0 Å². The van der Waals surface area contributed by atoms with Gasteiger partial charge in [0.2, 0.25) is 5.91 Å². The molecule has 0 aromatic carbocycles. The van der Waals surface area contributed by atoms with Gasteiger partial charge in [-0.3, -0.25) is 4.79 Å². The molecule has 3 heteroatoms. The maximum atomic E-state index is 12.3. The summed E-state index contributed by atoms with van der Waals surface area (Å²) in [7, 11) is 0. The van der Waals surface area contributed by atoms with E-state index in [1.54, 1.807) is 0 Å². The molecule has 2 fully saturated rings. The molecular weight excluding hydrogens is 238 g/mol. The minimum Gasteiger partial charge on any atom is -0.393 e. The average Bonchev–Trinajstić information content (AvgIpc) is 2.66. The summed E-state index contributed by atoms with van der Waals surface area (Å²) in [5, 5.41) is 12.8. The summed E-state index contributed by atoms with van der Waals surface area (Å²) >= 11 is 0. The molecule has 4 unspecified atom stereocenters. The Labute approximate surface area is 116 Å². The molecule has 0 saturated heterocycles. The molecule has 2 aliphatic carbocycles. The molecule has 1 amide bonds. The summed E-state index contributed by atoms with van der Waals surface area (Å²) < 4.78 is 0. The lowest BCUT2D eigenvalue weighted by atomic mass is 10.1. The fourth-order valence-electron chi connectivity index (χ4n) is 3.45. The summed E-state index contributed by atoms with van der Waals surface area (Å²) in [6, 6.07) is 0. The molecule has 0 aromatic heterocycles. The van der Waals surface area contributed by atoms with Crippen molar-refractivity contribution in [1.29, 1.82) is 0 Å². The molecule has 0 radical (unpaired) electrons. The van der Waals surface area contributed by atoms with E-state index in [1.807, 2.05) is 0 Å². The molecule has 0 heterocycles. The third-order valence-corrected chi connectivity index (χ3v) is 4.86. The van der Waals surface area contributed by atoms with Gasteiger partial charge in [0.1, 0.15) is 0 Å². The van der Waals surface area contributed by atoms with Gasteiger partial charge in [-0.05, 0) is 38.0 Å². The number of rotatable bonds is 4. The fourth-order valence-corrected chi connectivity index (χ4v) is 3.45. The van der Waals surface area contributed by atoms with Gasteiger partial charge in [0.05, 0.1) is 12.0 Å². The highest BCUT2D eigenvalue weighted by atomic mass is 16.3. The van der Waals surface area contributed by atoms with E-state index in [0.717, 1.165) is 19.3 Å². The number of aliphatic hydroxyl groups excluding tert-OH is 1. The van der Waals surface area contributed by atoms with Crippen molar-refractivity contribution in [2.45, 2.75) is 53.1 Å². The first-order valence-corrected chi connectivity index (χ1v) is 7.45. The van der Waals surface area contributed by atoms with Crippen LogP contribution in [0.3, 0.4) is 0 Å². The van der Waals surface area contributed by atoms with Gasteiger partial charge in [0, 0.05) is 12.5 Å². The Hall–Kier alpha value is -0.830. The first-order valence-electron chi connectivity index (χ1n) is 7.45. The summed E-state index contributed by atoms with van der Waals surface area (Å²) in [4.78, 5) is 12.3. The molecule has 0 aromatic rings. The number of allylic oxidation sites excluding steroid dienone is 2. The molecule has 2 aliphatic rings. The first-order chi connectivity index (χ1) is 8.84. The van der Waals surface area contributed by atoms with Crippen molar-refractivity contribution in [1.82, 2.24) is 5.32 Å². The second kappa shape index (κ2) is 5.28. The fraction of sp³-hybridized carbons (Fsp3) is 0.812. The van der Waals surface area contributed by atoms with Crippen molar-refractivity contribution in [3.05, 3.63) is 11.6 Å². The van der Waals surface area contributed by atoms with Crippen LogP contribution in [0.5, 0.6) is 0 Å². The predicted octanol–water partition coefficient (Wildman–Crippen LogP) is 2.50. The van der Waals surface area contributed by atoms with Crippen LogP contribution in [0.25, 0.3) is 0 Å². The number of hydrogen-bond donors (Lipinski definition) is 2. The zero-order valence-corrected chi connectivity index (χ0v) is 12.6. The lowest BCUT2D eigenvalue weighted by Gasteiger charge is -2.15. The van der Waals surface area contributed by atoms with Crippen LogP contribution < -0.4 is 5.32 Å². The van der Waals surface area contributed by atoms with Crippen LogP contribution in [-0.4, -0.2) is 23.7 Å². The number of aliphatic hydroxyl groups is 1. The largest absolute Gasteiger partial charge is 0.393 e. The molecule has 3 nitrogen and oxygen atoms in total. The number of nitrogens with one attached hydrogen (secondary N) is 1. The zero-order valence-electron chi connectivity index (χ0n) is 12.6. The summed E-state index contributed by atoms with van der Waals surface area (Å²) in [5.74, 6) is 0.881. The van der Waals surface area contributed by atoms with Gasteiger partial charge in [-0.2, -0.15) is 0 Å². The van der Waals surface area contributed by atoms with E-state index in [1.165, 1.54) is 5.57 Å². The number of hydrogen-bond acceptors (Lipinski definition) is 2. The van der Waals surface area contributed by atoms with Crippen molar-refractivity contribution in [3.8, 4) is 0 Å². The van der Waals surface area contributed by atoms with Gasteiger partial charge in [0.15, 0.2) is 0 Å². The molecular formula is C16H27NO2. The van der Waals surface area contributed by atoms with Gasteiger partial charge >= 0.3 is 0 Å². The molecule has 0 aliphatic heterocycles. The molecule has 0 spiro atoms. The maximum Gasteiger partial charge on any atom is 0.224 e. The van der Waals surface area contributed by atoms with Gasteiger partial charge in [0.25, 0.3) is 0 Å². The van der Waals surface area contributed by atoms with Gasteiger partial charge in [-0.25, -0.2) is 0 Å². The molecule has 2 saturated carbocycles. The smallest absolute Gasteiger partial charge is 0.224 e. The number of amides is 1. The molecule has 2 N–H and O–H groups in total. The second-order valence-corrected chi connectivity index (χ2v) is 7.07. The number of carbonyl (C=O) groups excluding carboxylic acids is 1. The Balaban J connectivity index is 1.86. The Morgan fingerprint density at radius 2 is 2.05 bits per heavy atom. The van der Waals surface area contributed by atoms with E-state index in [9.17, 15) is 9.90 Å². The van der Waals surface area contributed by atoms with Crippen molar-refractivity contribution in [2.24, 2.45) is 23.2 Å². The van der Waals surface area contributed by atoms with Crippen LogP contribution in [0, 0.1) is 23.2 Å². The highest BCUT2D eigenvalue weighted by Gasteiger charge is 2.60. The van der Waals surface area contributed by atoms with Crippen molar-refractivity contribution < 1.29 is 9.90 Å². The van der Waals surface area contributed by atoms with Crippen molar-refractivity contribution in [2.75, 3.05) is 6.54 Å². The summed E-state index contributed by atoms with van der Waals surface area (Å²) in [6.45, 7) is 9.11. The number of carbonyl (C=O) groups is 1. The zero-order chi connectivity index (χ0) is 14.2. The van der Waals surface area contributed by atoms with E-state index in [0.29, 0.717) is 12.5 Å². The maximum absolute atomic E-state index is 12.3. The Morgan fingerprint density at radius 3 is 2.58 bits per heavy atom. The topological polar surface area (TPSA) is 49.3 Å². The van der Waals surface area contributed by atoms with Crippen LogP contribution in [-0.2, 0) is 4.79 Å². The first kappa shape index (κ1) is 14.6. The third kappa shape index (κ3) is 3.02. The molecule has 108 valence electrons.